The summed E-state index contributed by atoms with van der Waals surface area (Å²) in [6.45, 7) is 1.86. The molecule has 0 aliphatic rings. The van der Waals surface area contributed by atoms with Crippen LogP contribution in [-0.4, -0.2) is 26.0 Å². The van der Waals surface area contributed by atoms with Crippen molar-refractivity contribution in [2.75, 3.05) is 11.1 Å². The molecule has 1 amide bonds. The van der Waals surface area contributed by atoms with Gasteiger partial charge in [-0.05, 0) is 24.6 Å². The van der Waals surface area contributed by atoms with Crippen LogP contribution in [0.4, 0.5) is 15.9 Å². The first-order valence-electron chi connectivity index (χ1n) is 10.2. The number of benzene rings is 2. The number of anilines is 2. The van der Waals surface area contributed by atoms with Gasteiger partial charge < -0.3 is 16.2 Å². The van der Waals surface area contributed by atoms with E-state index in [-0.39, 0.29) is 22.2 Å². The lowest BCUT2D eigenvalue weighted by molar-refractivity contribution is 0.102. The van der Waals surface area contributed by atoms with Gasteiger partial charge in [-0.2, -0.15) is 0 Å². The number of nitrogens with zero attached hydrogens (tertiary/aromatic N) is 3. The molecule has 7 nitrogen and oxygen atoms in total. The van der Waals surface area contributed by atoms with E-state index >= 15 is 0 Å². The lowest BCUT2D eigenvalue weighted by atomic mass is 9.98. The Hall–Kier alpha value is -3.66. The molecule has 1 unspecified atom stereocenters. The summed E-state index contributed by atoms with van der Waals surface area (Å²) < 4.78 is 15.2. The van der Waals surface area contributed by atoms with Gasteiger partial charge in [0.2, 0.25) is 0 Å². The number of hydrogen-bond donors (Lipinski definition) is 3. The van der Waals surface area contributed by atoms with Crippen molar-refractivity contribution >= 4 is 61.3 Å². The van der Waals surface area contributed by atoms with Gasteiger partial charge in [0.1, 0.15) is 24.1 Å². The summed E-state index contributed by atoms with van der Waals surface area (Å²) in [7, 11) is 0. The highest BCUT2D eigenvalue weighted by molar-refractivity contribution is 7.18. The van der Waals surface area contributed by atoms with Crippen LogP contribution < -0.4 is 11.1 Å². The van der Waals surface area contributed by atoms with Gasteiger partial charge >= 0.3 is 0 Å². The third kappa shape index (κ3) is 3.63. The van der Waals surface area contributed by atoms with Crippen molar-refractivity contribution in [3.63, 3.8) is 0 Å². The van der Waals surface area contributed by atoms with Crippen molar-refractivity contribution in [1.82, 2.24) is 15.0 Å². The van der Waals surface area contributed by atoms with E-state index in [1.807, 2.05) is 6.92 Å². The van der Waals surface area contributed by atoms with E-state index in [1.165, 1.54) is 36.0 Å². The summed E-state index contributed by atoms with van der Waals surface area (Å²) in [6.07, 6.45) is 1.47. The number of aliphatic hydroxyl groups excluding tert-OH is 1. The number of carbonyl (C=O) groups excluding carboxylic acids is 1. The van der Waals surface area contributed by atoms with E-state index in [2.05, 4.69) is 20.3 Å². The van der Waals surface area contributed by atoms with Gasteiger partial charge in [-0.25, -0.2) is 14.4 Å². The zero-order valence-electron chi connectivity index (χ0n) is 17.7. The first kappa shape index (κ1) is 22.1. The predicted octanol–water partition coefficient (Wildman–Crippen LogP) is 5.26. The summed E-state index contributed by atoms with van der Waals surface area (Å²) >= 11 is 7.19. The first-order valence-corrected chi connectivity index (χ1v) is 11.4. The Labute approximate surface area is 202 Å². The molecule has 2 aromatic carbocycles. The largest absolute Gasteiger partial charge is 0.382 e. The minimum absolute atomic E-state index is 0.0145. The number of nitrogens with two attached hydrogens (primary N) is 1. The van der Waals surface area contributed by atoms with Crippen LogP contribution in [0.25, 0.3) is 21.0 Å². The standard InChI is InChI=1S/C24H17ClFN5O2S/c1-11-5-6-12-13(7-8-28-19(12)21(32)14-3-2-4-16(25)17(14)26)18(11)31-24(33)15-9-34-22-20(15)29-10-30-23(22)27/h2-10,21,32H,1H3,(H,31,33)(H2,27,29,30). The van der Waals surface area contributed by atoms with Gasteiger partial charge in [-0.15, -0.1) is 11.3 Å². The fourth-order valence-electron chi connectivity index (χ4n) is 3.86. The number of aliphatic hydroxyl groups is 1. The van der Waals surface area contributed by atoms with Crippen molar-refractivity contribution < 1.29 is 14.3 Å². The molecule has 0 radical (unpaired) electrons. The predicted molar refractivity (Wildman–Crippen MR) is 132 cm³/mol. The molecule has 0 bridgehead atoms. The van der Waals surface area contributed by atoms with Gasteiger partial charge in [0.05, 0.1) is 32.2 Å². The van der Waals surface area contributed by atoms with Gasteiger partial charge in [0.15, 0.2) is 0 Å². The molecule has 4 N–H and O–H groups in total. The maximum absolute atomic E-state index is 14.6. The van der Waals surface area contributed by atoms with Crippen LogP contribution >= 0.6 is 22.9 Å². The Morgan fingerprint density at radius 3 is 2.82 bits per heavy atom. The fourth-order valence-corrected chi connectivity index (χ4v) is 4.94. The highest BCUT2D eigenvalue weighted by Gasteiger charge is 2.22. The number of aromatic nitrogens is 3. The van der Waals surface area contributed by atoms with Crippen LogP contribution in [-0.2, 0) is 0 Å². The second-order valence-corrected chi connectivity index (χ2v) is 8.92. The molecule has 10 heteroatoms. The highest BCUT2D eigenvalue weighted by atomic mass is 35.5. The third-order valence-electron chi connectivity index (χ3n) is 5.58. The summed E-state index contributed by atoms with van der Waals surface area (Å²) in [5.41, 5.74) is 8.35. The third-order valence-corrected chi connectivity index (χ3v) is 6.87. The van der Waals surface area contributed by atoms with Gasteiger partial charge in [0.25, 0.3) is 5.91 Å². The molecule has 0 aliphatic carbocycles. The molecule has 0 saturated carbocycles. The maximum Gasteiger partial charge on any atom is 0.258 e. The Kier molecular flexibility index (Phi) is 5.60. The van der Waals surface area contributed by atoms with E-state index in [1.54, 1.807) is 29.6 Å². The molecule has 0 fully saturated rings. The average Bonchev–Trinajstić information content (AvgIpc) is 3.27. The number of nitrogens with one attached hydrogen (secondary N) is 1. The Balaban J connectivity index is 1.59. The van der Waals surface area contributed by atoms with Crippen molar-refractivity contribution in [2.24, 2.45) is 0 Å². The Bertz CT molecular complexity index is 1590. The number of hydrogen-bond acceptors (Lipinski definition) is 7. The number of aryl methyl sites for hydroxylation is 1. The number of fused-ring (bicyclic) bond motifs is 2. The van der Waals surface area contributed by atoms with Crippen molar-refractivity contribution in [3.05, 3.63) is 87.5 Å². The molecule has 5 aromatic rings. The summed E-state index contributed by atoms with van der Waals surface area (Å²) in [5, 5.41) is 16.7. The first-order chi connectivity index (χ1) is 16.4. The van der Waals surface area contributed by atoms with Crippen LogP contribution in [0.5, 0.6) is 0 Å². The second-order valence-electron chi connectivity index (χ2n) is 7.63. The Morgan fingerprint density at radius 2 is 2.00 bits per heavy atom. The fraction of sp³-hybridized carbons (Fsp3) is 0.0833. The van der Waals surface area contributed by atoms with Crippen LogP contribution in [0, 0.1) is 12.7 Å². The van der Waals surface area contributed by atoms with Crippen molar-refractivity contribution in [3.8, 4) is 0 Å². The molecule has 0 saturated heterocycles. The summed E-state index contributed by atoms with van der Waals surface area (Å²) in [6, 6.07) is 9.74. The maximum atomic E-state index is 14.6. The lowest BCUT2D eigenvalue weighted by Crippen LogP contribution is -2.13. The molecule has 0 spiro atoms. The van der Waals surface area contributed by atoms with Crippen LogP contribution in [0.15, 0.2) is 54.3 Å². The molecule has 170 valence electrons. The minimum atomic E-state index is -1.35. The number of halogens is 2. The molecule has 1 atom stereocenters. The van der Waals surface area contributed by atoms with E-state index in [4.69, 9.17) is 17.3 Å². The zero-order valence-corrected chi connectivity index (χ0v) is 19.3. The average molecular weight is 494 g/mol. The molecule has 34 heavy (non-hydrogen) atoms. The lowest BCUT2D eigenvalue weighted by Gasteiger charge is -2.17. The number of amides is 1. The molecule has 0 aliphatic heterocycles. The minimum Gasteiger partial charge on any atom is -0.382 e. The molecular formula is C24H17ClFN5O2S. The quantitative estimate of drug-likeness (QED) is 0.315. The van der Waals surface area contributed by atoms with Crippen molar-refractivity contribution in [1.29, 1.82) is 0 Å². The number of thiophene rings is 1. The van der Waals surface area contributed by atoms with Gasteiger partial charge in [-0.3, -0.25) is 9.78 Å². The van der Waals surface area contributed by atoms with E-state index in [0.717, 1.165) is 5.56 Å². The van der Waals surface area contributed by atoms with E-state index in [0.29, 0.717) is 38.1 Å². The summed E-state index contributed by atoms with van der Waals surface area (Å²) in [5.74, 6) is -0.755. The number of rotatable bonds is 4. The smallest absolute Gasteiger partial charge is 0.258 e. The van der Waals surface area contributed by atoms with E-state index < -0.39 is 11.9 Å². The highest BCUT2D eigenvalue weighted by Crippen LogP contribution is 2.35. The number of carbonyl (C=O) groups is 1. The zero-order chi connectivity index (χ0) is 24.0. The number of nitrogen functional groups attached to an aromatic ring is 1. The SMILES string of the molecule is Cc1ccc2c(C(O)c3cccc(Cl)c3F)nccc2c1NC(=O)c1csc2c(N)ncnc12. The van der Waals surface area contributed by atoms with Crippen LogP contribution in [0.3, 0.4) is 0 Å². The molecule has 3 aromatic heterocycles. The molecule has 3 heterocycles. The van der Waals surface area contributed by atoms with Crippen LogP contribution in [0.2, 0.25) is 5.02 Å². The molecular weight excluding hydrogens is 477 g/mol. The van der Waals surface area contributed by atoms with Crippen molar-refractivity contribution in [2.45, 2.75) is 13.0 Å². The summed E-state index contributed by atoms with van der Waals surface area (Å²) in [4.78, 5) is 25.7. The van der Waals surface area contributed by atoms with Gasteiger partial charge in [0, 0.05) is 27.9 Å². The van der Waals surface area contributed by atoms with E-state index in [9.17, 15) is 14.3 Å². The monoisotopic (exact) mass is 493 g/mol. The number of pyridine rings is 1. The Morgan fingerprint density at radius 1 is 1.18 bits per heavy atom. The van der Waals surface area contributed by atoms with Gasteiger partial charge in [-0.1, -0.05) is 35.9 Å². The molecule has 5 rings (SSSR count). The topological polar surface area (TPSA) is 114 Å². The van der Waals surface area contributed by atoms with Crippen LogP contribution in [0.1, 0.15) is 33.3 Å². The normalized spacial score (nSPS) is 12.2. The second kappa shape index (κ2) is 8.60.